The van der Waals surface area contributed by atoms with Crippen LogP contribution >= 0.6 is 27.5 Å². The molecule has 134 valence electrons. The van der Waals surface area contributed by atoms with Gasteiger partial charge in [-0.25, -0.2) is 14.6 Å². The Balaban J connectivity index is 1.54. The van der Waals surface area contributed by atoms with E-state index in [1.165, 1.54) is 6.33 Å². The van der Waals surface area contributed by atoms with Crippen LogP contribution in [0, 0.1) is 0 Å². The maximum atomic E-state index is 12.7. The molecule has 1 aliphatic rings. The van der Waals surface area contributed by atoms with E-state index in [0.29, 0.717) is 29.3 Å². The van der Waals surface area contributed by atoms with Gasteiger partial charge in [-0.15, -0.1) is 0 Å². The van der Waals surface area contributed by atoms with Crippen LogP contribution in [-0.4, -0.2) is 50.2 Å². The number of anilines is 1. The van der Waals surface area contributed by atoms with Crippen LogP contribution in [0.5, 0.6) is 0 Å². The molecule has 0 atom stereocenters. The molecule has 0 aliphatic carbocycles. The molecule has 0 N–H and O–H groups in total. The first-order valence-corrected chi connectivity index (χ1v) is 9.30. The molecule has 1 amide bonds. The summed E-state index contributed by atoms with van der Waals surface area (Å²) in [7, 11) is 1.83. The SMILES string of the molecule is Cn1nc(Br)c2c(N3CCN(Cc4ccc(Cl)cc4)C(=O)C3)ncnc21. The monoisotopic (exact) mass is 434 g/mol. The molecule has 1 aliphatic heterocycles. The van der Waals surface area contributed by atoms with Gasteiger partial charge >= 0.3 is 0 Å². The molecule has 7 nitrogen and oxygen atoms in total. The predicted molar refractivity (Wildman–Crippen MR) is 103 cm³/mol. The first kappa shape index (κ1) is 17.2. The number of fused-ring (bicyclic) bond motifs is 1. The minimum atomic E-state index is 0.0676. The second-order valence-corrected chi connectivity index (χ2v) is 7.36. The number of carbonyl (C=O) groups excluding carboxylic acids is 1. The van der Waals surface area contributed by atoms with Gasteiger partial charge in [0.15, 0.2) is 5.65 Å². The molecule has 0 saturated carbocycles. The second-order valence-electron chi connectivity index (χ2n) is 6.17. The van der Waals surface area contributed by atoms with E-state index in [9.17, 15) is 4.79 Å². The maximum absolute atomic E-state index is 12.7. The normalized spacial score (nSPS) is 15.1. The van der Waals surface area contributed by atoms with Gasteiger partial charge in [-0.3, -0.25) is 4.79 Å². The van der Waals surface area contributed by atoms with Gasteiger partial charge in [-0.1, -0.05) is 23.7 Å². The number of hydrogen-bond donors (Lipinski definition) is 0. The van der Waals surface area contributed by atoms with E-state index < -0.39 is 0 Å². The molecule has 1 saturated heterocycles. The van der Waals surface area contributed by atoms with Crippen molar-refractivity contribution in [3.8, 4) is 0 Å². The summed E-state index contributed by atoms with van der Waals surface area (Å²) >= 11 is 9.39. The molecular formula is C17H16BrClN6O. The average Bonchev–Trinajstić information content (AvgIpc) is 2.93. The average molecular weight is 436 g/mol. The molecule has 2 aromatic heterocycles. The van der Waals surface area contributed by atoms with Gasteiger partial charge in [0.25, 0.3) is 0 Å². The lowest BCUT2D eigenvalue weighted by atomic mass is 10.2. The number of piperazine rings is 1. The lowest BCUT2D eigenvalue weighted by Gasteiger charge is -2.35. The van der Waals surface area contributed by atoms with Crippen molar-refractivity contribution in [2.24, 2.45) is 7.05 Å². The summed E-state index contributed by atoms with van der Waals surface area (Å²) in [5.41, 5.74) is 1.80. The number of carbonyl (C=O) groups is 1. The number of aryl methyl sites for hydroxylation is 1. The van der Waals surface area contributed by atoms with Gasteiger partial charge in [0.1, 0.15) is 16.7 Å². The largest absolute Gasteiger partial charge is 0.345 e. The molecule has 0 radical (unpaired) electrons. The highest BCUT2D eigenvalue weighted by atomic mass is 79.9. The quantitative estimate of drug-likeness (QED) is 0.633. The Bertz CT molecular complexity index is 973. The molecule has 4 rings (SSSR count). The summed E-state index contributed by atoms with van der Waals surface area (Å²) < 4.78 is 2.38. The number of nitrogens with zero attached hydrogens (tertiary/aromatic N) is 6. The fourth-order valence-corrected chi connectivity index (χ4v) is 3.85. The molecule has 0 bridgehead atoms. The Morgan fingerprint density at radius 2 is 1.96 bits per heavy atom. The van der Waals surface area contributed by atoms with E-state index in [2.05, 4.69) is 31.0 Å². The molecule has 0 unspecified atom stereocenters. The van der Waals surface area contributed by atoms with Crippen molar-refractivity contribution in [3.05, 3.63) is 45.8 Å². The third-order valence-corrected chi connectivity index (χ3v) is 5.27. The van der Waals surface area contributed by atoms with E-state index in [1.54, 1.807) is 4.68 Å². The second kappa shape index (κ2) is 6.85. The van der Waals surface area contributed by atoms with Gasteiger partial charge in [0, 0.05) is 31.7 Å². The number of amides is 1. The van der Waals surface area contributed by atoms with Crippen molar-refractivity contribution >= 4 is 50.3 Å². The third-order valence-electron chi connectivity index (χ3n) is 4.46. The standard InChI is InChI=1S/C17H16BrClN6O/c1-23-16-14(15(18)22-23)17(21-10-20-16)25-7-6-24(13(26)9-25)8-11-2-4-12(19)5-3-11/h2-5,10H,6-9H2,1H3. The van der Waals surface area contributed by atoms with Crippen LogP contribution in [0.4, 0.5) is 5.82 Å². The van der Waals surface area contributed by atoms with Crippen molar-refractivity contribution in [1.29, 1.82) is 0 Å². The molecule has 3 aromatic rings. The Morgan fingerprint density at radius 3 is 2.69 bits per heavy atom. The molecule has 3 heterocycles. The van der Waals surface area contributed by atoms with Crippen LogP contribution in [0.25, 0.3) is 11.0 Å². The van der Waals surface area contributed by atoms with Gasteiger partial charge in [0.2, 0.25) is 5.91 Å². The molecule has 1 aromatic carbocycles. The van der Waals surface area contributed by atoms with Crippen LogP contribution < -0.4 is 4.90 Å². The minimum absolute atomic E-state index is 0.0676. The highest BCUT2D eigenvalue weighted by Gasteiger charge is 2.27. The number of hydrogen-bond acceptors (Lipinski definition) is 5. The topological polar surface area (TPSA) is 67.2 Å². The Labute approximate surface area is 163 Å². The first-order valence-electron chi connectivity index (χ1n) is 8.13. The highest BCUT2D eigenvalue weighted by molar-refractivity contribution is 9.10. The van der Waals surface area contributed by atoms with Crippen LogP contribution in [-0.2, 0) is 18.4 Å². The number of rotatable bonds is 3. The summed E-state index contributed by atoms with van der Waals surface area (Å²) in [6.45, 7) is 2.19. The third kappa shape index (κ3) is 3.14. The van der Waals surface area contributed by atoms with Crippen molar-refractivity contribution in [3.63, 3.8) is 0 Å². The lowest BCUT2D eigenvalue weighted by molar-refractivity contribution is -0.131. The van der Waals surface area contributed by atoms with Crippen molar-refractivity contribution in [2.75, 3.05) is 24.5 Å². The molecular weight excluding hydrogens is 420 g/mol. The minimum Gasteiger partial charge on any atom is -0.345 e. The van der Waals surface area contributed by atoms with Gasteiger partial charge in [-0.2, -0.15) is 5.10 Å². The highest BCUT2D eigenvalue weighted by Crippen LogP contribution is 2.30. The smallest absolute Gasteiger partial charge is 0.242 e. The van der Waals surface area contributed by atoms with E-state index >= 15 is 0 Å². The first-order chi connectivity index (χ1) is 12.5. The van der Waals surface area contributed by atoms with E-state index in [1.807, 2.05) is 41.1 Å². The lowest BCUT2D eigenvalue weighted by Crippen LogP contribution is -2.50. The van der Waals surface area contributed by atoms with Crippen molar-refractivity contribution in [2.45, 2.75) is 6.54 Å². The summed E-state index contributed by atoms with van der Waals surface area (Å²) in [6, 6.07) is 7.58. The van der Waals surface area contributed by atoms with E-state index in [4.69, 9.17) is 11.6 Å². The summed E-state index contributed by atoms with van der Waals surface area (Å²) in [5, 5.41) is 5.86. The fraction of sp³-hybridized carbons (Fsp3) is 0.294. The van der Waals surface area contributed by atoms with E-state index in [0.717, 1.165) is 22.4 Å². The number of aromatic nitrogens is 4. The van der Waals surface area contributed by atoms with Gasteiger partial charge < -0.3 is 9.80 Å². The van der Waals surface area contributed by atoms with Crippen LogP contribution in [0.2, 0.25) is 5.02 Å². The maximum Gasteiger partial charge on any atom is 0.242 e. The van der Waals surface area contributed by atoms with Crippen LogP contribution in [0.3, 0.4) is 0 Å². The molecule has 1 fully saturated rings. The predicted octanol–water partition coefficient (Wildman–Crippen LogP) is 2.63. The fourth-order valence-electron chi connectivity index (χ4n) is 3.13. The van der Waals surface area contributed by atoms with Crippen LogP contribution in [0.15, 0.2) is 35.2 Å². The Hall–Kier alpha value is -2.19. The van der Waals surface area contributed by atoms with Gasteiger partial charge in [0.05, 0.1) is 11.9 Å². The Morgan fingerprint density at radius 1 is 1.19 bits per heavy atom. The molecule has 9 heteroatoms. The summed E-state index contributed by atoms with van der Waals surface area (Å²) in [5.74, 6) is 0.799. The van der Waals surface area contributed by atoms with Gasteiger partial charge in [-0.05, 0) is 33.6 Å². The summed E-state index contributed by atoms with van der Waals surface area (Å²) in [4.78, 5) is 25.2. The zero-order valence-electron chi connectivity index (χ0n) is 14.1. The molecule has 26 heavy (non-hydrogen) atoms. The van der Waals surface area contributed by atoms with Crippen molar-refractivity contribution < 1.29 is 4.79 Å². The van der Waals surface area contributed by atoms with E-state index in [-0.39, 0.29) is 12.5 Å². The number of halogens is 2. The Kier molecular flexibility index (Phi) is 4.54. The zero-order chi connectivity index (χ0) is 18.3. The zero-order valence-corrected chi connectivity index (χ0v) is 16.4. The van der Waals surface area contributed by atoms with Crippen molar-refractivity contribution in [1.82, 2.24) is 24.6 Å². The van der Waals surface area contributed by atoms with Crippen LogP contribution in [0.1, 0.15) is 5.56 Å². The molecule has 0 spiro atoms. The number of benzene rings is 1. The summed E-state index contributed by atoms with van der Waals surface area (Å²) in [6.07, 6.45) is 1.51.